The van der Waals surface area contributed by atoms with Gasteiger partial charge in [-0.3, -0.25) is 0 Å². The number of nitrogens with zero attached hydrogens (tertiary/aromatic N) is 6. The van der Waals surface area contributed by atoms with Crippen molar-refractivity contribution in [2.75, 3.05) is 19.7 Å². The van der Waals surface area contributed by atoms with Crippen LogP contribution in [0.2, 0.25) is 5.02 Å². The summed E-state index contributed by atoms with van der Waals surface area (Å²) in [6.07, 6.45) is 12.3. The highest BCUT2D eigenvalue weighted by Gasteiger charge is 2.28. The maximum Gasteiger partial charge on any atom is 0.410 e. The van der Waals surface area contributed by atoms with Gasteiger partial charge in [-0.1, -0.05) is 17.7 Å². The molecular weight excluding hydrogens is 572 g/mol. The lowest BCUT2D eigenvalue weighted by atomic mass is 9.98. The van der Waals surface area contributed by atoms with Gasteiger partial charge >= 0.3 is 6.09 Å². The molecule has 3 aromatic rings. The van der Waals surface area contributed by atoms with Crippen molar-refractivity contribution >= 4 is 56.7 Å². The molecule has 2 aliphatic heterocycles. The lowest BCUT2D eigenvalue weighted by Crippen LogP contribution is -2.43. The number of hydrogen-bond donors (Lipinski definition) is 0. The summed E-state index contributed by atoms with van der Waals surface area (Å²) >= 11 is 10.4. The molecule has 204 valence electrons. The van der Waals surface area contributed by atoms with Crippen LogP contribution in [0.4, 0.5) is 4.79 Å². The predicted molar refractivity (Wildman–Crippen MR) is 151 cm³/mol. The number of amides is 1. The van der Waals surface area contributed by atoms with Crippen molar-refractivity contribution in [3.05, 3.63) is 39.2 Å². The fraction of sp³-hybridized carbons (Fsp3) is 0.556. The van der Waals surface area contributed by atoms with Crippen molar-refractivity contribution in [2.24, 2.45) is 5.92 Å². The van der Waals surface area contributed by atoms with E-state index < -0.39 is 5.60 Å². The van der Waals surface area contributed by atoms with Gasteiger partial charge in [-0.05, 0) is 86.9 Å². The van der Waals surface area contributed by atoms with Crippen molar-refractivity contribution in [3.8, 4) is 0 Å². The minimum atomic E-state index is -0.499. The van der Waals surface area contributed by atoms with Crippen LogP contribution in [0.25, 0.3) is 23.1 Å². The van der Waals surface area contributed by atoms with E-state index in [1.54, 1.807) is 15.9 Å². The third-order valence-electron chi connectivity index (χ3n) is 6.82. The summed E-state index contributed by atoms with van der Waals surface area (Å²) in [4.78, 5) is 16.0. The van der Waals surface area contributed by atoms with Crippen LogP contribution in [0.5, 0.6) is 0 Å². The summed E-state index contributed by atoms with van der Waals surface area (Å²) in [5.41, 5.74) is 2.05. The highest BCUT2D eigenvalue weighted by Crippen LogP contribution is 2.37. The van der Waals surface area contributed by atoms with Crippen LogP contribution in [-0.4, -0.2) is 61.1 Å². The Morgan fingerprint density at radius 2 is 2.05 bits per heavy atom. The van der Waals surface area contributed by atoms with E-state index in [1.165, 1.54) is 0 Å². The van der Waals surface area contributed by atoms with Gasteiger partial charge in [0.1, 0.15) is 11.3 Å². The largest absolute Gasteiger partial charge is 0.444 e. The second-order valence-electron chi connectivity index (χ2n) is 11.0. The zero-order valence-electron chi connectivity index (χ0n) is 22.1. The first kappa shape index (κ1) is 27.1. The van der Waals surface area contributed by atoms with E-state index in [-0.39, 0.29) is 18.2 Å². The molecule has 2 aromatic heterocycles. The maximum absolute atomic E-state index is 12.5. The molecule has 11 heteroatoms. The molecule has 2 saturated heterocycles. The van der Waals surface area contributed by atoms with E-state index in [4.69, 9.17) is 21.1 Å². The average Bonchev–Trinajstić information content (AvgIpc) is 3.50. The zero-order valence-corrected chi connectivity index (χ0v) is 24.4. The first-order chi connectivity index (χ1) is 18.2. The number of hydrogen-bond acceptors (Lipinski definition) is 6. The SMILES string of the molecule is CC(C)(C)OC(=O)N1CCC[C@H](Cn2ncc(/C=C\c3c(Cl)cc4c(cnn4C4CCCCO4)c3Br)n2)C1. The second kappa shape index (κ2) is 11.4. The molecule has 38 heavy (non-hydrogen) atoms. The van der Waals surface area contributed by atoms with Crippen LogP contribution >= 0.6 is 27.5 Å². The Morgan fingerprint density at radius 3 is 2.82 bits per heavy atom. The molecule has 1 unspecified atom stereocenters. The lowest BCUT2D eigenvalue weighted by molar-refractivity contribution is -0.0366. The highest BCUT2D eigenvalue weighted by molar-refractivity contribution is 9.10. The average molecular weight is 606 g/mol. The Hall–Kier alpha value is -2.43. The third-order valence-corrected chi connectivity index (χ3v) is 7.99. The van der Waals surface area contributed by atoms with Crippen molar-refractivity contribution in [3.63, 3.8) is 0 Å². The minimum absolute atomic E-state index is 0.0546. The van der Waals surface area contributed by atoms with E-state index in [2.05, 4.69) is 31.2 Å². The van der Waals surface area contributed by atoms with Crippen LogP contribution in [0.3, 0.4) is 0 Å². The number of aromatic nitrogens is 5. The van der Waals surface area contributed by atoms with Crippen molar-refractivity contribution in [1.29, 1.82) is 0 Å². The van der Waals surface area contributed by atoms with Crippen LogP contribution in [-0.2, 0) is 16.0 Å². The van der Waals surface area contributed by atoms with Gasteiger partial charge in [-0.2, -0.15) is 20.1 Å². The van der Waals surface area contributed by atoms with E-state index >= 15 is 0 Å². The van der Waals surface area contributed by atoms with Crippen LogP contribution in [0.15, 0.2) is 22.9 Å². The first-order valence-corrected chi connectivity index (χ1v) is 14.4. The summed E-state index contributed by atoms with van der Waals surface area (Å²) in [5, 5.41) is 15.3. The van der Waals surface area contributed by atoms with Crippen LogP contribution in [0.1, 0.15) is 70.4 Å². The number of benzene rings is 1. The van der Waals surface area contributed by atoms with Crippen LogP contribution in [0, 0.1) is 5.92 Å². The van der Waals surface area contributed by atoms with Crippen LogP contribution < -0.4 is 0 Å². The lowest BCUT2D eigenvalue weighted by Gasteiger charge is -2.33. The van der Waals surface area contributed by atoms with Crippen molar-refractivity contribution in [1.82, 2.24) is 29.7 Å². The topological polar surface area (TPSA) is 87.3 Å². The standard InChI is InChI=1S/C27H34BrClN6O3/c1-27(2,3)38-26(36)33-11-6-7-18(16-33)17-34-30-14-19(32-34)9-10-20-22(29)13-23-21(25(20)28)15-31-35(23)24-8-4-5-12-37-24/h9-10,13-15,18,24H,4-8,11-12,16-17H2,1-3H3/b10-9-/t18-,24?/m0/s1. The normalized spacial score (nSPS) is 20.9. The van der Waals surface area contributed by atoms with E-state index in [1.807, 2.05) is 49.9 Å². The molecular formula is C27H34BrClN6O3. The predicted octanol–water partition coefficient (Wildman–Crippen LogP) is 6.56. The van der Waals surface area contributed by atoms with Gasteiger partial charge < -0.3 is 14.4 Å². The summed E-state index contributed by atoms with van der Waals surface area (Å²) in [6.45, 7) is 8.42. The van der Waals surface area contributed by atoms with E-state index in [9.17, 15) is 4.79 Å². The quantitative estimate of drug-likeness (QED) is 0.327. The molecule has 1 amide bonds. The Bertz CT molecular complexity index is 1320. The molecule has 0 saturated carbocycles. The van der Waals surface area contributed by atoms with E-state index in [0.29, 0.717) is 18.1 Å². The van der Waals surface area contributed by atoms with E-state index in [0.717, 1.165) is 71.9 Å². The zero-order chi connectivity index (χ0) is 26.9. The van der Waals surface area contributed by atoms with Gasteiger partial charge in [-0.25, -0.2) is 9.48 Å². The summed E-state index contributed by atoms with van der Waals surface area (Å²) in [6, 6.07) is 1.95. The molecule has 1 aromatic carbocycles. The Labute approximate surface area is 236 Å². The number of rotatable bonds is 5. The molecule has 2 atom stereocenters. The molecule has 2 aliphatic rings. The number of piperidine rings is 1. The molecule has 0 bridgehead atoms. The molecule has 5 rings (SSSR count). The van der Waals surface area contributed by atoms with Gasteiger partial charge in [0, 0.05) is 35.1 Å². The van der Waals surface area contributed by atoms with Gasteiger partial charge in [0.25, 0.3) is 0 Å². The Morgan fingerprint density at radius 1 is 1.21 bits per heavy atom. The fourth-order valence-corrected chi connectivity index (χ4v) is 6.04. The van der Waals surface area contributed by atoms with Gasteiger partial charge in [0.2, 0.25) is 0 Å². The maximum atomic E-state index is 12.5. The molecule has 0 radical (unpaired) electrons. The number of ether oxygens (including phenoxy) is 2. The highest BCUT2D eigenvalue weighted by atomic mass is 79.9. The summed E-state index contributed by atoms with van der Waals surface area (Å²) < 4.78 is 14.3. The molecule has 4 heterocycles. The number of fused-ring (bicyclic) bond motifs is 1. The van der Waals surface area contributed by atoms with Gasteiger partial charge in [0.05, 0.1) is 29.5 Å². The van der Waals surface area contributed by atoms with Gasteiger partial charge in [-0.15, -0.1) is 0 Å². The first-order valence-electron chi connectivity index (χ1n) is 13.2. The minimum Gasteiger partial charge on any atom is -0.444 e. The third kappa shape index (κ3) is 6.24. The number of likely N-dealkylation sites (tertiary alicyclic amines) is 1. The Kier molecular flexibility index (Phi) is 8.11. The number of carbonyl (C=O) groups excluding carboxylic acids is 1. The molecule has 0 spiro atoms. The number of carbonyl (C=O) groups is 1. The fourth-order valence-electron chi connectivity index (χ4n) is 5.01. The summed E-state index contributed by atoms with van der Waals surface area (Å²) in [5.74, 6) is 0.274. The summed E-state index contributed by atoms with van der Waals surface area (Å²) in [7, 11) is 0. The molecule has 9 nitrogen and oxygen atoms in total. The Balaban J connectivity index is 1.26. The number of halogens is 2. The molecule has 0 aliphatic carbocycles. The smallest absolute Gasteiger partial charge is 0.410 e. The van der Waals surface area contributed by atoms with Crippen molar-refractivity contribution in [2.45, 2.75) is 71.2 Å². The van der Waals surface area contributed by atoms with Gasteiger partial charge in [0.15, 0.2) is 6.23 Å². The van der Waals surface area contributed by atoms with Crippen molar-refractivity contribution < 1.29 is 14.3 Å². The second-order valence-corrected chi connectivity index (χ2v) is 12.2. The molecule has 0 N–H and O–H groups in total. The molecule has 2 fully saturated rings. The monoisotopic (exact) mass is 604 g/mol.